The van der Waals surface area contributed by atoms with E-state index in [1.807, 2.05) is 5.38 Å². The molecule has 0 saturated carbocycles. The van der Waals surface area contributed by atoms with E-state index >= 15 is 0 Å². The van der Waals surface area contributed by atoms with E-state index in [0.29, 0.717) is 17.2 Å². The molecule has 1 heterocycles. The van der Waals surface area contributed by atoms with E-state index in [9.17, 15) is 4.79 Å². The summed E-state index contributed by atoms with van der Waals surface area (Å²) in [4.78, 5) is 12.6. The Morgan fingerprint density at radius 1 is 1.59 bits per heavy atom. The summed E-state index contributed by atoms with van der Waals surface area (Å²) in [5.41, 5.74) is 0. The van der Waals surface area contributed by atoms with Gasteiger partial charge in [0.05, 0.1) is 19.8 Å². The monoisotopic (exact) mass is 321 g/mol. The van der Waals surface area contributed by atoms with Crippen molar-refractivity contribution in [2.75, 3.05) is 26.2 Å². The Hall–Kier alpha value is -0.590. The van der Waals surface area contributed by atoms with Crippen LogP contribution in [0, 0.1) is 0 Å². The Bertz CT molecular complexity index is 350. The molecule has 0 radical (unpaired) electrons. The number of alkyl halides is 1. The van der Waals surface area contributed by atoms with Crippen molar-refractivity contribution in [1.82, 2.24) is 5.32 Å². The molecule has 1 aromatic heterocycles. The Morgan fingerprint density at radius 3 is 2.94 bits per heavy atom. The lowest BCUT2D eigenvalue weighted by atomic mass is 10.2. The average molecular weight is 322 g/mol. The summed E-state index contributed by atoms with van der Waals surface area (Å²) < 4.78 is 10.2. The van der Waals surface area contributed by atoms with Gasteiger partial charge < -0.3 is 14.8 Å². The van der Waals surface area contributed by atoms with Gasteiger partial charge in [-0.25, -0.2) is 0 Å². The zero-order valence-electron chi connectivity index (χ0n) is 9.86. The molecule has 96 valence electrons. The minimum absolute atomic E-state index is 0.0127. The maximum Gasteiger partial charge on any atom is 0.265 e. The van der Waals surface area contributed by atoms with E-state index in [1.165, 1.54) is 11.3 Å². The lowest BCUT2D eigenvalue weighted by Gasteiger charge is -2.16. The van der Waals surface area contributed by atoms with Gasteiger partial charge in [0.2, 0.25) is 0 Å². The molecule has 4 nitrogen and oxygen atoms in total. The molecule has 0 fully saturated rings. The van der Waals surface area contributed by atoms with E-state index in [1.54, 1.807) is 20.3 Å². The third kappa shape index (κ3) is 4.29. The summed E-state index contributed by atoms with van der Waals surface area (Å²) in [6.45, 7) is 0.505. The fourth-order valence-electron chi connectivity index (χ4n) is 1.40. The van der Waals surface area contributed by atoms with Crippen LogP contribution in [0.15, 0.2) is 11.4 Å². The number of amides is 1. The van der Waals surface area contributed by atoms with Gasteiger partial charge in [-0.2, -0.15) is 0 Å². The van der Waals surface area contributed by atoms with Crippen molar-refractivity contribution in [3.63, 3.8) is 0 Å². The van der Waals surface area contributed by atoms with Gasteiger partial charge in [-0.3, -0.25) is 4.79 Å². The molecule has 17 heavy (non-hydrogen) atoms. The van der Waals surface area contributed by atoms with Crippen LogP contribution in [0.3, 0.4) is 0 Å². The van der Waals surface area contributed by atoms with Gasteiger partial charge in [-0.15, -0.1) is 11.3 Å². The van der Waals surface area contributed by atoms with Crippen LogP contribution in [-0.2, 0) is 4.74 Å². The van der Waals surface area contributed by atoms with Crippen LogP contribution >= 0.6 is 27.3 Å². The molecule has 0 saturated heterocycles. The highest BCUT2D eigenvalue weighted by Gasteiger charge is 2.17. The molecule has 1 atom stereocenters. The molecule has 0 aliphatic carbocycles. The van der Waals surface area contributed by atoms with Crippen LogP contribution < -0.4 is 10.1 Å². The molecule has 1 aromatic rings. The summed E-state index contributed by atoms with van der Waals surface area (Å²) >= 11 is 4.73. The summed E-state index contributed by atoms with van der Waals surface area (Å²) in [6.07, 6.45) is 0.827. The first-order valence-corrected chi connectivity index (χ1v) is 7.20. The number of nitrogens with one attached hydrogen (secondary N) is 1. The first kappa shape index (κ1) is 14.5. The fraction of sp³-hybridized carbons (Fsp3) is 0.545. The molecule has 1 rings (SSSR count). The van der Waals surface area contributed by atoms with Crippen molar-refractivity contribution in [3.05, 3.63) is 16.3 Å². The molecule has 1 unspecified atom stereocenters. The fourth-order valence-corrected chi connectivity index (χ4v) is 2.72. The predicted octanol–water partition coefficient (Wildman–Crippen LogP) is 2.29. The third-order valence-corrected chi connectivity index (χ3v) is 3.57. The van der Waals surface area contributed by atoms with Crippen LogP contribution in [0.5, 0.6) is 5.75 Å². The molecule has 1 N–H and O–H groups in total. The van der Waals surface area contributed by atoms with Crippen LogP contribution in [0.1, 0.15) is 16.1 Å². The largest absolute Gasteiger partial charge is 0.495 e. The Kier molecular flexibility index (Phi) is 6.54. The summed E-state index contributed by atoms with van der Waals surface area (Å²) in [5.74, 6) is 0.502. The number of thiophene rings is 1. The molecule has 6 heteroatoms. The number of hydrogen-bond acceptors (Lipinski definition) is 4. The van der Waals surface area contributed by atoms with Crippen molar-refractivity contribution < 1.29 is 14.3 Å². The number of hydrogen-bond donors (Lipinski definition) is 1. The highest BCUT2D eigenvalue weighted by atomic mass is 79.9. The minimum atomic E-state index is -0.111. The second-order valence-electron chi connectivity index (χ2n) is 3.42. The maximum atomic E-state index is 12.0. The van der Waals surface area contributed by atoms with Gasteiger partial charge in [-0.05, 0) is 17.9 Å². The highest BCUT2D eigenvalue weighted by molar-refractivity contribution is 9.09. The van der Waals surface area contributed by atoms with E-state index in [-0.39, 0.29) is 11.9 Å². The van der Waals surface area contributed by atoms with Crippen molar-refractivity contribution in [1.29, 1.82) is 0 Å². The summed E-state index contributed by atoms with van der Waals surface area (Å²) in [6, 6.07) is 1.80. The van der Waals surface area contributed by atoms with E-state index < -0.39 is 0 Å². The van der Waals surface area contributed by atoms with Crippen molar-refractivity contribution in [2.45, 2.75) is 12.5 Å². The third-order valence-electron chi connectivity index (χ3n) is 2.22. The van der Waals surface area contributed by atoms with Crippen LogP contribution in [0.2, 0.25) is 0 Å². The highest BCUT2D eigenvalue weighted by Crippen LogP contribution is 2.24. The normalized spacial score (nSPS) is 12.2. The van der Waals surface area contributed by atoms with Gasteiger partial charge in [0.15, 0.2) is 0 Å². The Balaban J connectivity index is 2.63. The van der Waals surface area contributed by atoms with Crippen LogP contribution in [0.4, 0.5) is 0 Å². The molecular weight excluding hydrogens is 306 g/mol. The predicted molar refractivity (Wildman–Crippen MR) is 72.4 cm³/mol. The molecule has 0 aliphatic heterocycles. The standard InChI is InChI=1S/C11H16BrNO3S/c1-15-7-8(3-5-12)13-11(14)10-9(16-2)4-6-17-10/h4,6,8H,3,5,7H2,1-2H3,(H,13,14). The average Bonchev–Trinajstić information content (AvgIpc) is 2.77. The number of ether oxygens (including phenoxy) is 2. The smallest absolute Gasteiger partial charge is 0.265 e. The van der Waals surface area contributed by atoms with E-state index in [0.717, 1.165) is 11.8 Å². The van der Waals surface area contributed by atoms with E-state index in [4.69, 9.17) is 9.47 Å². The molecule has 0 bridgehead atoms. The summed E-state index contributed by atoms with van der Waals surface area (Å²) in [7, 11) is 3.18. The number of carbonyl (C=O) groups excluding carboxylic acids is 1. The molecule has 0 aromatic carbocycles. The first-order chi connectivity index (χ1) is 8.22. The number of carbonyl (C=O) groups is 1. The van der Waals surface area contributed by atoms with Gasteiger partial charge in [0.25, 0.3) is 5.91 Å². The van der Waals surface area contributed by atoms with Gasteiger partial charge in [0.1, 0.15) is 10.6 Å². The van der Waals surface area contributed by atoms with Gasteiger partial charge >= 0.3 is 0 Å². The van der Waals surface area contributed by atoms with Gasteiger partial charge in [-0.1, -0.05) is 15.9 Å². The zero-order valence-corrected chi connectivity index (χ0v) is 12.3. The second-order valence-corrected chi connectivity index (χ2v) is 5.13. The van der Waals surface area contributed by atoms with Crippen molar-refractivity contribution in [3.8, 4) is 5.75 Å². The molecule has 0 aliphatic rings. The van der Waals surface area contributed by atoms with Crippen LogP contribution in [-0.4, -0.2) is 38.1 Å². The van der Waals surface area contributed by atoms with E-state index in [2.05, 4.69) is 21.2 Å². The first-order valence-electron chi connectivity index (χ1n) is 5.20. The second kappa shape index (κ2) is 7.68. The molecule has 1 amide bonds. The summed E-state index contributed by atoms with van der Waals surface area (Å²) in [5, 5.41) is 5.59. The maximum absolute atomic E-state index is 12.0. The number of halogens is 1. The number of methoxy groups -OCH3 is 2. The molecule has 0 spiro atoms. The minimum Gasteiger partial charge on any atom is -0.495 e. The van der Waals surface area contributed by atoms with Gasteiger partial charge in [0, 0.05) is 12.4 Å². The van der Waals surface area contributed by atoms with Crippen molar-refractivity contribution >= 4 is 33.2 Å². The zero-order chi connectivity index (χ0) is 12.7. The Morgan fingerprint density at radius 2 is 2.35 bits per heavy atom. The quantitative estimate of drug-likeness (QED) is 0.784. The Labute approximate surface area is 113 Å². The topological polar surface area (TPSA) is 47.6 Å². The van der Waals surface area contributed by atoms with Crippen molar-refractivity contribution in [2.24, 2.45) is 0 Å². The lowest BCUT2D eigenvalue weighted by Crippen LogP contribution is -2.38. The number of rotatable bonds is 7. The lowest BCUT2D eigenvalue weighted by molar-refractivity contribution is 0.0897. The SMILES string of the molecule is COCC(CCBr)NC(=O)c1sccc1OC. The molecular formula is C11H16BrNO3S. The van der Waals surface area contributed by atoms with Crippen LogP contribution in [0.25, 0.3) is 0 Å².